The van der Waals surface area contributed by atoms with Crippen LogP contribution in [-0.2, 0) is 0 Å². The molecule has 0 aliphatic heterocycles. The highest BCUT2D eigenvalue weighted by Crippen LogP contribution is 2.39. The Bertz CT molecular complexity index is 3130. The quantitative estimate of drug-likeness (QED) is 0.187. The molecule has 0 aliphatic rings. The normalized spacial score (nSPS) is 13.0. The highest BCUT2D eigenvalue weighted by atomic mass is 15.2. The minimum Gasteiger partial charge on any atom is -0.309 e. The zero-order chi connectivity index (χ0) is 37.4. The number of fused-ring (bicyclic) bond motifs is 6. The molecule has 0 radical (unpaired) electrons. The van der Waals surface area contributed by atoms with Crippen LogP contribution in [0.3, 0.4) is 0 Å². The van der Waals surface area contributed by atoms with Crippen molar-refractivity contribution in [3.8, 4) is 45.5 Å². The smallest absolute Gasteiger partial charge is 0.238 e. The zero-order valence-corrected chi connectivity index (χ0v) is 26.6. The summed E-state index contributed by atoms with van der Waals surface area (Å²) in [6.45, 7) is 0. The van der Waals surface area contributed by atoms with Crippen LogP contribution in [0.4, 0.5) is 0 Å². The third-order valence-corrected chi connectivity index (χ3v) is 9.25. The Balaban J connectivity index is 1.25. The first-order valence-electron chi connectivity index (χ1n) is 18.9. The van der Waals surface area contributed by atoms with E-state index >= 15 is 0 Å². The second-order valence-electron chi connectivity index (χ2n) is 12.2. The summed E-state index contributed by atoms with van der Waals surface area (Å²) < 4.78 is 46.2. The van der Waals surface area contributed by atoms with E-state index in [1.807, 2.05) is 54.6 Å². The average Bonchev–Trinajstić information content (AvgIpc) is 3.74. The van der Waals surface area contributed by atoms with Crippen molar-refractivity contribution in [1.29, 1.82) is 0 Å². The number of para-hydroxylation sites is 3. The van der Waals surface area contributed by atoms with Crippen molar-refractivity contribution in [2.24, 2.45) is 0 Å². The Morgan fingerprint density at radius 1 is 0.380 bits per heavy atom. The topological polar surface area (TPSA) is 48.5 Å². The maximum absolute atomic E-state index is 8.62. The largest absolute Gasteiger partial charge is 0.309 e. The van der Waals surface area contributed by atoms with E-state index in [0.29, 0.717) is 28.7 Å². The minimum absolute atomic E-state index is 0.117. The van der Waals surface area contributed by atoms with Crippen molar-refractivity contribution >= 4 is 43.6 Å². The van der Waals surface area contributed by atoms with Gasteiger partial charge in [0.05, 0.1) is 28.9 Å². The van der Waals surface area contributed by atoms with Gasteiger partial charge in [-0.1, -0.05) is 133 Å². The molecule has 0 amide bonds. The van der Waals surface area contributed by atoms with Crippen molar-refractivity contribution in [2.45, 2.75) is 0 Å². The molecule has 0 saturated carbocycles. The van der Waals surface area contributed by atoms with Gasteiger partial charge in [-0.05, 0) is 53.6 Å². The number of hydrogen-bond acceptors (Lipinski definition) is 3. The van der Waals surface area contributed by atoms with Crippen LogP contribution in [-0.4, -0.2) is 24.1 Å². The van der Waals surface area contributed by atoms with E-state index in [1.165, 1.54) is 0 Å². The molecule has 7 aromatic carbocycles. The molecule has 234 valence electrons. The third kappa shape index (κ3) is 4.52. The van der Waals surface area contributed by atoms with Gasteiger partial charge < -0.3 is 4.57 Å². The van der Waals surface area contributed by atoms with Gasteiger partial charge in [-0.2, -0.15) is 9.97 Å². The highest BCUT2D eigenvalue weighted by Gasteiger charge is 2.21. The lowest BCUT2D eigenvalue weighted by Gasteiger charge is -2.12. The van der Waals surface area contributed by atoms with E-state index in [2.05, 4.69) is 81.9 Å². The van der Waals surface area contributed by atoms with Crippen molar-refractivity contribution in [2.75, 3.05) is 0 Å². The lowest BCUT2D eigenvalue weighted by Crippen LogP contribution is -2.06. The first-order valence-corrected chi connectivity index (χ1v) is 16.4. The summed E-state index contributed by atoms with van der Waals surface area (Å²) in [7, 11) is 0. The van der Waals surface area contributed by atoms with E-state index in [0.717, 1.165) is 54.9 Å². The Hall–Kier alpha value is -6.85. The Kier molecular flexibility index (Phi) is 5.35. The molecule has 0 unspecified atom stereocenters. The van der Waals surface area contributed by atoms with Gasteiger partial charge in [0.25, 0.3) is 0 Å². The van der Waals surface area contributed by atoms with Gasteiger partial charge in [0.1, 0.15) is 0 Å². The fourth-order valence-electron chi connectivity index (χ4n) is 7.02. The molecule has 0 N–H and O–H groups in total. The first kappa shape index (κ1) is 23.5. The lowest BCUT2D eigenvalue weighted by molar-refractivity contribution is 0.954. The van der Waals surface area contributed by atoms with Crippen LogP contribution < -0.4 is 0 Å². The van der Waals surface area contributed by atoms with Crippen LogP contribution in [0.2, 0.25) is 0 Å². The SMILES string of the molecule is [2H]c1c([2H])c([2H])c(-c2cccc(-c3nc(-c4ccccc4)nc(-n4c5ccccc5c5cc6c(cc54)c4ccccc4n6-c4ccccc4)n3)c2)c([2H])c1[2H]. The van der Waals surface area contributed by atoms with E-state index in [-0.39, 0.29) is 29.7 Å². The predicted molar refractivity (Wildman–Crippen MR) is 205 cm³/mol. The zero-order valence-electron chi connectivity index (χ0n) is 31.6. The van der Waals surface area contributed by atoms with Crippen molar-refractivity contribution in [3.63, 3.8) is 0 Å². The van der Waals surface area contributed by atoms with Gasteiger partial charge in [0, 0.05) is 38.4 Å². The molecule has 10 rings (SSSR count). The van der Waals surface area contributed by atoms with E-state index in [4.69, 9.17) is 21.8 Å². The van der Waals surface area contributed by atoms with Crippen LogP contribution in [0.1, 0.15) is 6.85 Å². The maximum atomic E-state index is 8.62. The van der Waals surface area contributed by atoms with E-state index < -0.39 is 6.04 Å². The van der Waals surface area contributed by atoms with Gasteiger partial charge in [0.2, 0.25) is 5.95 Å². The highest BCUT2D eigenvalue weighted by molar-refractivity contribution is 6.18. The Morgan fingerprint density at radius 3 is 1.62 bits per heavy atom. The summed E-state index contributed by atoms with van der Waals surface area (Å²) in [5.74, 6) is 1.28. The molecule has 10 aromatic rings. The summed E-state index contributed by atoms with van der Waals surface area (Å²) in [5, 5.41) is 4.33. The summed E-state index contributed by atoms with van der Waals surface area (Å²) in [5.41, 5.74) is 7.16. The Labute approximate surface area is 295 Å². The molecule has 5 nitrogen and oxygen atoms in total. The number of rotatable bonds is 5. The van der Waals surface area contributed by atoms with E-state index in [9.17, 15) is 0 Å². The van der Waals surface area contributed by atoms with Gasteiger partial charge in [-0.25, -0.2) is 4.98 Å². The fraction of sp³-hybridized carbons (Fsp3) is 0. The molecule has 50 heavy (non-hydrogen) atoms. The van der Waals surface area contributed by atoms with Crippen molar-refractivity contribution in [3.05, 3.63) is 176 Å². The van der Waals surface area contributed by atoms with Crippen molar-refractivity contribution < 1.29 is 6.85 Å². The number of hydrogen-bond donors (Lipinski definition) is 0. The van der Waals surface area contributed by atoms with Gasteiger partial charge in [-0.15, -0.1) is 0 Å². The molecular formula is C45H29N5. The molecule has 0 fully saturated rings. The number of benzene rings is 7. The van der Waals surface area contributed by atoms with Gasteiger partial charge in [-0.3, -0.25) is 4.57 Å². The number of nitrogens with zero attached hydrogens (tertiary/aromatic N) is 5. The molecule has 0 aliphatic carbocycles. The van der Waals surface area contributed by atoms with Gasteiger partial charge >= 0.3 is 0 Å². The summed E-state index contributed by atoms with van der Waals surface area (Å²) in [6, 6.07) is 46.8. The van der Waals surface area contributed by atoms with Crippen LogP contribution in [0.15, 0.2) is 176 Å². The summed E-state index contributed by atoms with van der Waals surface area (Å²) >= 11 is 0. The molecule has 0 atom stereocenters. The average molecular weight is 645 g/mol. The van der Waals surface area contributed by atoms with Crippen LogP contribution in [0.25, 0.3) is 89.2 Å². The number of aromatic nitrogens is 5. The second-order valence-corrected chi connectivity index (χ2v) is 12.2. The molecule has 3 heterocycles. The monoisotopic (exact) mass is 644 g/mol. The van der Waals surface area contributed by atoms with E-state index in [1.54, 1.807) is 18.2 Å². The summed E-state index contributed by atoms with van der Waals surface area (Å²) in [4.78, 5) is 15.2. The van der Waals surface area contributed by atoms with Crippen LogP contribution >= 0.6 is 0 Å². The summed E-state index contributed by atoms with van der Waals surface area (Å²) in [6.07, 6.45) is 0. The van der Waals surface area contributed by atoms with Gasteiger partial charge in [0.15, 0.2) is 11.6 Å². The molecule has 0 bridgehead atoms. The van der Waals surface area contributed by atoms with Crippen LogP contribution in [0.5, 0.6) is 0 Å². The second kappa shape index (κ2) is 11.4. The minimum atomic E-state index is -0.433. The first-order chi connectivity index (χ1) is 26.9. The fourth-order valence-corrected chi connectivity index (χ4v) is 7.02. The van der Waals surface area contributed by atoms with Crippen LogP contribution in [0, 0.1) is 0 Å². The molecule has 0 spiro atoms. The molecule has 3 aromatic heterocycles. The molecule has 0 saturated heterocycles. The third-order valence-electron chi connectivity index (χ3n) is 9.25. The molecule has 5 heteroatoms. The maximum Gasteiger partial charge on any atom is 0.238 e. The lowest BCUT2D eigenvalue weighted by atomic mass is 10.0. The molecular weight excluding hydrogens is 611 g/mol. The predicted octanol–water partition coefficient (Wildman–Crippen LogP) is 11.1. The standard InChI is InChI=1S/C45H29N5/c1-4-15-30(16-5-1)32-19-14-20-33(27-32)44-46-43(31-17-6-2-7-18-31)47-45(48-44)50-40-26-13-11-24-36(40)38-28-41-37(29-42(38)50)35-23-10-12-25-39(35)49(41)34-21-8-3-9-22-34/h1-29H/i1D,4D,5D,15D,16D. The van der Waals surface area contributed by atoms with Crippen molar-refractivity contribution in [1.82, 2.24) is 24.1 Å². The Morgan fingerprint density at radius 2 is 0.920 bits per heavy atom.